The van der Waals surface area contributed by atoms with Gasteiger partial charge in [0.25, 0.3) is 0 Å². The quantitative estimate of drug-likeness (QED) is 0.609. The van der Waals surface area contributed by atoms with E-state index in [9.17, 15) is 4.79 Å². The van der Waals surface area contributed by atoms with Crippen molar-refractivity contribution in [3.8, 4) is 0 Å². The van der Waals surface area contributed by atoms with Crippen LogP contribution in [0.3, 0.4) is 0 Å². The van der Waals surface area contributed by atoms with Gasteiger partial charge in [0.2, 0.25) is 0 Å². The minimum absolute atomic E-state index is 0.141. The van der Waals surface area contributed by atoms with Gasteiger partial charge in [0, 0.05) is 20.1 Å². The first-order valence-electron chi connectivity index (χ1n) is 4.36. The monoisotopic (exact) mass is 173 g/mol. The summed E-state index contributed by atoms with van der Waals surface area (Å²) in [6, 6.07) is -0.304. The van der Waals surface area contributed by atoms with Crippen molar-refractivity contribution in [2.75, 3.05) is 13.7 Å². The zero-order valence-electron chi connectivity index (χ0n) is 8.17. The summed E-state index contributed by atoms with van der Waals surface area (Å²) in [7, 11) is 1.63. The first kappa shape index (κ1) is 11.6. The molecule has 3 heteroatoms. The average Bonchev–Trinajstić information content (AvgIpc) is 2.03. The highest BCUT2D eigenvalue weighted by Gasteiger charge is 2.15. The van der Waals surface area contributed by atoms with Crippen LogP contribution in [0.25, 0.3) is 0 Å². The van der Waals surface area contributed by atoms with Gasteiger partial charge in [-0.05, 0) is 12.3 Å². The Morgan fingerprint density at radius 2 is 2.08 bits per heavy atom. The van der Waals surface area contributed by atoms with E-state index in [0.29, 0.717) is 13.0 Å². The summed E-state index contributed by atoms with van der Waals surface area (Å²) in [4.78, 5) is 11.3. The molecule has 0 aliphatic heterocycles. The fraction of sp³-hybridized carbons (Fsp3) is 0.889. The Morgan fingerprint density at radius 3 is 2.50 bits per heavy atom. The molecule has 0 aliphatic rings. The Hall–Kier alpha value is -0.410. The molecule has 12 heavy (non-hydrogen) atoms. The molecule has 72 valence electrons. The van der Waals surface area contributed by atoms with Crippen molar-refractivity contribution >= 4 is 5.78 Å². The third kappa shape index (κ3) is 4.46. The number of nitrogens with two attached hydrogens (primary N) is 1. The highest BCUT2D eigenvalue weighted by molar-refractivity contribution is 5.83. The van der Waals surface area contributed by atoms with E-state index in [2.05, 4.69) is 0 Å². The van der Waals surface area contributed by atoms with Crippen LogP contribution < -0.4 is 5.73 Å². The second kappa shape index (κ2) is 6.14. The molecule has 0 rings (SSSR count). The molecule has 0 fully saturated rings. The van der Waals surface area contributed by atoms with Gasteiger partial charge in [-0.3, -0.25) is 4.79 Å². The van der Waals surface area contributed by atoms with E-state index in [1.54, 1.807) is 7.11 Å². The minimum atomic E-state index is -0.304. The van der Waals surface area contributed by atoms with E-state index in [0.717, 1.165) is 6.42 Å². The fourth-order valence-electron chi connectivity index (χ4n) is 0.929. The molecule has 0 aromatic rings. The maximum atomic E-state index is 11.3. The topological polar surface area (TPSA) is 52.3 Å². The van der Waals surface area contributed by atoms with Crippen molar-refractivity contribution < 1.29 is 9.53 Å². The average molecular weight is 173 g/mol. The van der Waals surface area contributed by atoms with Crippen LogP contribution in [0.4, 0.5) is 0 Å². The second-order valence-electron chi connectivity index (χ2n) is 3.33. The van der Waals surface area contributed by atoms with Crippen LogP contribution in [0.15, 0.2) is 0 Å². The molecule has 0 spiro atoms. The number of ketones is 1. The number of carbonyl (C=O) groups excluding carboxylic acids is 1. The van der Waals surface area contributed by atoms with Crippen molar-refractivity contribution in [1.82, 2.24) is 0 Å². The Bertz CT molecular complexity index is 134. The second-order valence-corrected chi connectivity index (χ2v) is 3.33. The van der Waals surface area contributed by atoms with Gasteiger partial charge < -0.3 is 10.5 Å². The summed E-state index contributed by atoms with van der Waals surface area (Å²) in [5, 5.41) is 0. The Morgan fingerprint density at radius 1 is 1.50 bits per heavy atom. The maximum absolute atomic E-state index is 11.3. The standard InChI is InChI=1S/C9H19NO2/c1-7(2)9(10)8(11)5-4-6-12-3/h7,9H,4-6,10H2,1-3H3/t9-/m1/s1. The van der Waals surface area contributed by atoms with E-state index in [-0.39, 0.29) is 17.7 Å². The lowest BCUT2D eigenvalue weighted by Gasteiger charge is -2.13. The van der Waals surface area contributed by atoms with Gasteiger partial charge in [-0.1, -0.05) is 13.8 Å². The largest absolute Gasteiger partial charge is 0.385 e. The van der Waals surface area contributed by atoms with Crippen LogP contribution in [-0.2, 0) is 9.53 Å². The lowest BCUT2D eigenvalue weighted by Crippen LogP contribution is -2.35. The molecule has 0 aromatic carbocycles. The van der Waals surface area contributed by atoms with E-state index < -0.39 is 0 Å². The first-order valence-corrected chi connectivity index (χ1v) is 4.36. The predicted octanol–water partition coefficient (Wildman–Crippen LogP) is 0.965. The van der Waals surface area contributed by atoms with Crippen molar-refractivity contribution in [2.24, 2.45) is 11.7 Å². The molecule has 0 amide bonds. The van der Waals surface area contributed by atoms with Crippen molar-refractivity contribution in [1.29, 1.82) is 0 Å². The van der Waals surface area contributed by atoms with Crippen molar-refractivity contribution in [3.05, 3.63) is 0 Å². The van der Waals surface area contributed by atoms with Crippen molar-refractivity contribution in [3.63, 3.8) is 0 Å². The van der Waals surface area contributed by atoms with Crippen LogP contribution in [0.5, 0.6) is 0 Å². The van der Waals surface area contributed by atoms with E-state index >= 15 is 0 Å². The number of rotatable bonds is 6. The molecule has 0 heterocycles. The third-order valence-corrected chi connectivity index (χ3v) is 1.86. The summed E-state index contributed by atoms with van der Waals surface area (Å²) in [5.74, 6) is 0.377. The Balaban J connectivity index is 3.57. The van der Waals surface area contributed by atoms with E-state index in [1.807, 2.05) is 13.8 Å². The highest BCUT2D eigenvalue weighted by atomic mass is 16.5. The lowest BCUT2D eigenvalue weighted by molar-refractivity contribution is -0.121. The maximum Gasteiger partial charge on any atom is 0.149 e. The predicted molar refractivity (Wildman–Crippen MR) is 48.9 cm³/mol. The number of Topliss-reactive ketones (excluding diaryl/α,β-unsaturated/α-hetero) is 1. The van der Waals surface area contributed by atoms with Gasteiger partial charge in [0.15, 0.2) is 0 Å². The van der Waals surface area contributed by atoms with Crippen LogP contribution in [0, 0.1) is 5.92 Å². The molecule has 0 saturated carbocycles. The van der Waals surface area contributed by atoms with Gasteiger partial charge >= 0.3 is 0 Å². The molecule has 0 radical (unpaired) electrons. The molecular weight excluding hydrogens is 154 g/mol. The number of ether oxygens (including phenoxy) is 1. The molecule has 0 unspecified atom stereocenters. The number of methoxy groups -OCH3 is 1. The number of hydrogen-bond acceptors (Lipinski definition) is 3. The molecule has 3 nitrogen and oxygen atoms in total. The highest BCUT2D eigenvalue weighted by Crippen LogP contribution is 2.03. The van der Waals surface area contributed by atoms with Gasteiger partial charge in [-0.2, -0.15) is 0 Å². The third-order valence-electron chi connectivity index (χ3n) is 1.86. The molecular formula is C9H19NO2. The molecule has 0 bridgehead atoms. The summed E-state index contributed by atoms with van der Waals surface area (Å²) >= 11 is 0. The number of carbonyl (C=O) groups is 1. The smallest absolute Gasteiger partial charge is 0.149 e. The summed E-state index contributed by atoms with van der Waals surface area (Å²) in [6.07, 6.45) is 1.31. The molecule has 0 aliphatic carbocycles. The van der Waals surface area contributed by atoms with E-state index in [4.69, 9.17) is 10.5 Å². The Labute approximate surface area is 74.3 Å². The van der Waals surface area contributed by atoms with E-state index in [1.165, 1.54) is 0 Å². The zero-order valence-corrected chi connectivity index (χ0v) is 8.17. The Kier molecular flexibility index (Phi) is 5.93. The molecule has 0 saturated heterocycles. The van der Waals surface area contributed by atoms with Crippen LogP contribution >= 0.6 is 0 Å². The molecule has 2 N–H and O–H groups in total. The van der Waals surface area contributed by atoms with Gasteiger partial charge in [-0.15, -0.1) is 0 Å². The number of hydrogen-bond donors (Lipinski definition) is 1. The minimum Gasteiger partial charge on any atom is -0.385 e. The summed E-state index contributed by atoms with van der Waals surface area (Å²) < 4.78 is 4.84. The van der Waals surface area contributed by atoms with Gasteiger partial charge in [0.05, 0.1) is 6.04 Å². The van der Waals surface area contributed by atoms with Gasteiger partial charge in [0.1, 0.15) is 5.78 Å². The molecule has 0 aromatic heterocycles. The van der Waals surface area contributed by atoms with Crippen LogP contribution in [0.1, 0.15) is 26.7 Å². The molecule has 1 atom stereocenters. The van der Waals surface area contributed by atoms with Crippen LogP contribution in [0.2, 0.25) is 0 Å². The lowest BCUT2D eigenvalue weighted by atomic mass is 9.98. The van der Waals surface area contributed by atoms with Crippen molar-refractivity contribution in [2.45, 2.75) is 32.7 Å². The first-order chi connectivity index (χ1) is 5.59. The van der Waals surface area contributed by atoms with Crippen LogP contribution in [-0.4, -0.2) is 25.5 Å². The van der Waals surface area contributed by atoms with Gasteiger partial charge in [-0.25, -0.2) is 0 Å². The normalized spacial score (nSPS) is 13.4. The summed E-state index contributed by atoms with van der Waals surface area (Å²) in [5.41, 5.74) is 5.65. The summed E-state index contributed by atoms with van der Waals surface area (Å²) in [6.45, 7) is 4.55. The fourth-order valence-corrected chi connectivity index (χ4v) is 0.929. The zero-order chi connectivity index (χ0) is 9.56. The SMILES string of the molecule is COCCCC(=O)[C@H](N)C(C)C.